The third-order valence-electron chi connectivity index (χ3n) is 10.9. The first-order chi connectivity index (χ1) is 31.6. The summed E-state index contributed by atoms with van der Waals surface area (Å²) >= 11 is 0. The van der Waals surface area contributed by atoms with E-state index < -0.39 is 89.7 Å². The summed E-state index contributed by atoms with van der Waals surface area (Å²) in [6.45, 7) is 1.55. The monoisotopic (exact) mass is 946 g/mol. The van der Waals surface area contributed by atoms with Crippen molar-refractivity contribution >= 4 is 73.8 Å². The van der Waals surface area contributed by atoms with Crippen LogP contribution in [-0.4, -0.2) is 123 Å². The molecular weight excluding hydrogens is 889 g/mol. The first-order valence-electron chi connectivity index (χ1n) is 21.5. The smallest absolute Gasteiger partial charge is 0.244 e. The van der Waals surface area contributed by atoms with Gasteiger partial charge in [-0.2, -0.15) is 0 Å². The second-order valence-corrected chi connectivity index (χ2v) is 18.6. The molecule has 7 amide bonds. The van der Waals surface area contributed by atoms with Crippen LogP contribution in [0.2, 0.25) is 0 Å². The molecule has 1 aliphatic rings. The number of nitrogens with two attached hydrogens (primary N) is 3. The van der Waals surface area contributed by atoms with Gasteiger partial charge in [0.25, 0.3) is 0 Å². The van der Waals surface area contributed by atoms with Gasteiger partial charge in [-0.15, -0.1) is 0 Å². The second-order valence-electron chi connectivity index (χ2n) is 16.0. The van der Waals surface area contributed by atoms with Gasteiger partial charge in [-0.05, 0) is 74.0 Å². The van der Waals surface area contributed by atoms with E-state index in [2.05, 4.69) is 36.9 Å². The fourth-order valence-electron chi connectivity index (χ4n) is 7.18. The topological polar surface area (TPSA) is 326 Å². The first-order valence-corrected chi connectivity index (χ1v) is 24.0. The van der Waals surface area contributed by atoms with Crippen molar-refractivity contribution in [3.05, 3.63) is 102 Å². The summed E-state index contributed by atoms with van der Waals surface area (Å²) < 4.78 is 0. The van der Waals surface area contributed by atoms with E-state index in [9.17, 15) is 43.8 Å². The number of fused-ring (bicyclic) bond motifs is 1. The van der Waals surface area contributed by atoms with Gasteiger partial charge in [0.15, 0.2) is 0 Å². The molecule has 21 heteroatoms. The number of aromatic nitrogens is 1. The summed E-state index contributed by atoms with van der Waals surface area (Å²) in [5.41, 5.74) is 20.3. The van der Waals surface area contributed by atoms with Crippen LogP contribution < -0.4 is 49.1 Å². The summed E-state index contributed by atoms with van der Waals surface area (Å²) in [6, 6.07) is 13.2. The van der Waals surface area contributed by atoms with Crippen LogP contribution in [0.4, 0.5) is 0 Å². The number of rotatable bonds is 16. The molecule has 66 heavy (non-hydrogen) atoms. The molecule has 1 fully saturated rings. The van der Waals surface area contributed by atoms with Gasteiger partial charge in [0.1, 0.15) is 42.0 Å². The van der Waals surface area contributed by atoms with Crippen LogP contribution in [0.5, 0.6) is 5.75 Å². The minimum Gasteiger partial charge on any atom is -0.508 e. The van der Waals surface area contributed by atoms with Crippen LogP contribution in [-0.2, 0) is 52.8 Å². The SMILES string of the molecule is C[C@@H](O)[C@H](NC(=O)[C@@H]1CSSCC(NC(=O)[C@H](N)Cc2ccccc2)C(=O)N[C@@H](Cc2ccc(O)cc2)C(=O)N[C@H](Cc2c[nH]c3ccccc23)C(=O)N[C@@H](CCCCN)C(=O)N1)C(N)=O. The highest BCUT2D eigenvalue weighted by molar-refractivity contribution is 8.76. The maximum absolute atomic E-state index is 14.6. The largest absolute Gasteiger partial charge is 0.508 e. The Morgan fingerprint density at radius 2 is 1.39 bits per heavy atom. The number of amides is 7. The maximum atomic E-state index is 14.6. The standard InChI is InChI=1S/C45H58N10O9S2/c1-25(56)38(39(48)58)55-45(64)37-24-66-65-23-36(53-40(59)31(47)19-26-9-3-2-4-10-26)44(63)51-34(20-27-14-16-29(57)17-15-27)42(61)52-35(21-28-22-49-32-12-6-5-11-30(28)32)43(62)50-33(41(60)54-37)13-7-8-18-46/h2-6,9-12,14-17,22,25,31,33-38,49,56-57H,7-8,13,18-21,23-24,46-47H2,1H3,(H2,48,58)(H,50,62)(H,51,63)(H,52,61)(H,53,59)(H,54,60)(H,55,64)/t25-,31-,33+,34+,35-,36?,37+,38+/m1/s1. The van der Waals surface area contributed by atoms with Crippen LogP contribution in [0.3, 0.4) is 0 Å². The molecular formula is C45H58N10O9S2. The van der Waals surface area contributed by atoms with E-state index in [0.717, 1.165) is 38.1 Å². The zero-order valence-electron chi connectivity index (χ0n) is 36.4. The summed E-state index contributed by atoms with van der Waals surface area (Å²) in [7, 11) is 2.10. The van der Waals surface area contributed by atoms with Gasteiger partial charge in [0.2, 0.25) is 41.4 Å². The second kappa shape index (κ2) is 25.0. The van der Waals surface area contributed by atoms with Crippen LogP contribution in [0, 0.1) is 0 Å². The zero-order valence-corrected chi connectivity index (χ0v) is 38.0. The average Bonchev–Trinajstić information content (AvgIpc) is 3.70. The molecule has 1 unspecified atom stereocenters. The minimum absolute atomic E-state index is 0.0267. The Bertz CT molecular complexity index is 2300. The van der Waals surface area contributed by atoms with Crippen molar-refractivity contribution in [1.82, 2.24) is 36.9 Å². The van der Waals surface area contributed by atoms with Gasteiger partial charge < -0.3 is 64.3 Å². The third-order valence-corrected chi connectivity index (χ3v) is 13.3. The van der Waals surface area contributed by atoms with Gasteiger partial charge >= 0.3 is 0 Å². The Hall–Kier alpha value is -6.13. The van der Waals surface area contributed by atoms with Crippen molar-refractivity contribution in [3.8, 4) is 5.75 Å². The molecule has 5 rings (SSSR count). The number of phenolic OH excluding ortho intramolecular Hbond substituents is 1. The van der Waals surface area contributed by atoms with Crippen molar-refractivity contribution in [2.45, 2.75) is 93.8 Å². The lowest BCUT2D eigenvalue weighted by Crippen LogP contribution is -2.61. The summed E-state index contributed by atoms with van der Waals surface area (Å²) in [5, 5.41) is 37.1. The van der Waals surface area contributed by atoms with Crippen molar-refractivity contribution in [3.63, 3.8) is 0 Å². The van der Waals surface area contributed by atoms with E-state index in [4.69, 9.17) is 17.2 Å². The molecule has 0 radical (unpaired) electrons. The zero-order chi connectivity index (χ0) is 47.8. The van der Waals surface area contributed by atoms with Gasteiger partial charge in [-0.25, -0.2) is 0 Å². The summed E-state index contributed by atoms with van der Waals surface area (Å²) in [4.78, 5) is 100. The van der Waals surface area contributed by atoms with Crippen molar-refractivity contribution in [1.29, 1.82) is 0 Å². The number of benzene rings is 3. The number of aliphatic hydroxyl groups is 1. The number of carbonyl (C=O) groups excluding carboxylic acids is 7. The van der Waals surface area contributed by atoms with Gasteiger partial charge in [0.05, 0.1) is 12.1 Å². The van der Waals surface area contributed by atoms with Gasteiger partial charge in [-0.3, -0.25) is 33.6 Å². The molecule has 4 aromatic rings. The number of aliphatic hydroxyl groups excluding tert-OH is 1. The van der Waals surface area contributed by atoms with Crippen LogP contribution in [0.25, 0.3) is 10.9 Å². The molecule has 1 aromatic heterocycles. The van der Waals surface area contributed by atoms with E-state index in [1.54, 1.807) is 42.6 Å². The number of phenols is 1. The molecule has 0 bridgehead atoms. The number of primary amides is 1. The van der Waals surface area contributed by atoms with E-state index in [1.807, 2.05) is 30.3 Å². The molecule has 15 N–H and O–H groups in total. The van der Waals surface area contributed by atoms with E-state index in [0.29, 0.717) is 30.5 Å². The normalized spacial score (nSPS) is 21.5. The third kappa shape index (κ3) is 15.0. The maximum Gasteiger partial charge on any atom is 0.244 e. The highest BCUT2D eigenvalue weighted by Crippen LogP contribution is 2.25. The highest BCUT2D eigenvalue weighted by Gasteiger charge is 2.35. The number of hydrogen-bond donors (Lipinski definition) is 12. The number of unbranched alkanes of at least 4 members (excludes halogenated alkanes) is 1. The molecule has 1 aliphatic heterocycles. The number of aromatic amines is 1. The number of H-pyrrole nitrogens is 1. The molecule has 19 nitrogen and oxygen atoms in total. The molecule has 0 spiro atoms. The Morgan fingerprint density at radius 1 is 0.773 bits per heavy atom. The number of hydrogen-bond acceptors (Lipinski definition) is 13. The van der Waals surface area contributed by atoms with Gasteiger partial charge in [0, 0.05) is 41.4 Å². The lowest BCUT2D eigenvalue weighted by Gasteiger charge is -2.27. The Labute approximate surface area is 389 Å². The number of nitrogens with one attached hydrogen (secondary N) is 7. The molecule has 8 atom stereocenters. The van der Waals surface area contributed by atoms with Crippen molar-refractivity contribution < 1.29 is 43.8 Å². The predicted octanol–water partition coefficient (Wildman–Crippen LogP) is -0.472. The highest BCUT2D eigenvalue weighted by atomic mass is 33.1. The average molecular weight is 947 g/mol. The Morgan fingerprint density at radius 3 is 2.08 bits per heavy atom. The van der Waals surface area contributed by atoms with Crippen LogP contribution in [0.1, 0.15) is 42.9 Å². The van der Waals surface area contributed by atoms with E-state index in [1.165, 1.54) is 19.1 Å². The fourth-order valence-corrected chi connectivity index (χ4v) is 9.51. The molecule has 0 aliphatic carbocycles. The summed E-state index contributed by atoms with van der Waals surface area (Å²) in [5.74, 6) is -5.94. The van der Waals surface area contributed by atoms with Crippen LogP contribution in [0.15, 0.2) is 85.1 Å². The number of carbonyl (C=O) groups is 7. The molecule has 1 saturated heterocycles. The molecule has 2 heterocycles. The summed E-state index contributed by atoms with van der Waals surface area (Å²) in [6.07, 6.45) is 1.27. The number of para-hydroxylation sites is 1. The van der Waals surface area contributed by atoms with Crippen molar-refractivity contribution in [2.24, 2.45) is 17.2 Å². The van der Waals surface area contributed by atoms with E-state index >= 15 is 0 Å². The minimum atomic E-state index is -1.51. The predicted molar refractivity (Wildman–Crippen MR) is 252 cm³/mol. The molecule has 0 saturated carbocycles. The quantitative estimate of drug-likeness (QED) is 0.0500. The van der Waals surface area contributed by atoms with E-state index in [-0.39, 0.29) is 42.9 Å². The molecule has 354 valence electrons. The Kier molecular flexibility index (Phi) is 19.2. The van der Waals surface area contributed by atoms with Gasteiger partial charge in [-0.1, -0.05) is 82.3 Å². The number of aromatic hydroxyl groups is 1. The van der Waals surface area contributed by atoms with Crippen LogP contribution >= 0.6 is 21.6 Å². The Balaban J connectivity index is 1.54. The first kappa shape index (κ1) is 50.9. The lowest BCUT2D eigenvalue weighted by atomic mass is 10.0. The van der Waals surface area contributed by atoms with Crippen molar-refractivity contribution in [2.75, 3.05) is 18.1 Å². The lowest BCUT2D eigenvalue weighted by molar-refractivity contribution is -0.135. The molecule has 3 aromatic carbocycles. The fraction of sp³-hybridized carbons (Fsp3) is 0.400.